The van der Waals surface area contributed by atoms with Crippen LogP contribution in [0.15, 0.2) is 42.5 Å². The number of β-amino-alcohol motifs (C(OH)–C–C–N with tert-alkyl or cyclic N) is 1. The quantitative estimate of drug-likeness (QED) is 0.850. The predicted octanol–water partition coefficient (Wildman–Crippen LogP) is 2.47. The molecule has 3 rings (SSSR count). The van der Waals surface area contributed by atoms with Crippen LogP contribution < -0.4 is 0 Å². The van der Waals surface area contributed by atoms with Crippen molar-refractivity contribution in [3.05, 3.63) is 53.6 Å². The Hall–Kier alpha value is -2.66. The molecule has 1 amide bonds. The Balaban J connectivity index is 1.83. The average Bonchev–Trinajstić information content (AvgIpc) is 3.01. The monoisotopic (exact) mass is 325 g/mol. The molecule has 5 nitrogen and oxygen atoms in total. The van der Waals surface area contributed by atoms with Crippen molar-refractivity contribution in [2.24, 2.45) is 0 Å². The number of rotatable bonds is 3. The van der Waals surface area contributed by atoms with Crippen molar-refractivity contribution in [1.29, 1.82) is 0 Å². The molecular formula is C19H19NO4. The van der Waals surface area contributed by atoms with Crippen LogP contribution in [0, 0.1) is 0 Å². The first-order chi connectivity index (χ1) is 11.5. The summed E-state index contributed by atoms with van der Waals surface area (Å²) in [6, 6.07) is 12.0. The molecule has 0 radical (unpaired) electrons. The summed E-state index contributed by atoms with van der Waals surface area (Å²) in [6.45, 7) is 2.35. The number of hydrogen-bond acceptors (Lipinski definition) is 4. The molecule has 2 aromatic carbocycles. The van der Waals surface area contributed by atoms with Crippen LogP contribution >= 0.6 is 0 Å². The zero-order valence-electron chi connectivity index (χ0n) is 13.4. The second-order valence-electron chi connectivity index (χ2n) is 6.06. The standard InChI is InChI=1S/C19H19NO4/c1-12(21)17-10-15(6-7-18(17)23)13-2-4-14(5-3-13)19(24)20-9-8-16(22)11-20/h2-7,10,16,22-23H,8-9,11H2,1H3/t16-/m1/s1. The van der Waals surface area contributed by atoms with Gasteiger partial charge in [0.05, 0.1) is 11.7 Å². The second kappa shape index (κ2) is 6.45. The van der Waals surface area contributed by atoms with Gasteiger partial charge < -0.3 is 15.1 Å². The van der Waals surface area contributed by atoms with Crippen molar-refractivity contribution >= 4 is 11.7 Å². The van der Waals surface area contributed by atoms with Gasteiger partial charge in [-0.25, -0.2) is 0 Å². The van der Waals surface area contributed by atoms with E-state index in [1.165, 1.54) is 13.0 Å². The van der Waals surface area contributed by atoms with Gasteiger partial charge in [0.25, 0.3) is 5.91 Å². The molecule has 1 atom stereocenters. The molecule has 0 aliphatic carbocycles. The van der Waals surface area contributed by atoms with Gasteiger partial charge in [-0.3, -0.25) is 9.59 Å². The molecule has 0 aromatic heterocycles. The molecule has 1 saturated heterocycles. The number of phenols is 1. The SMILES string of the molecule is CC(=O)c1cc(-c2ccc(C(=O)N3CC[C@@H](O)C3)cc2)ccc1O. The predicted molar refractivity (Wildman–Crippen MR) is 90.1 cm³/mol. The lowest BCUT2D eigenvalue weighted by Gasteiger charge is -2.15. The minimum Gasteiger partial charge on any atom is -0.507 e. The first-order valence-electron chi connectivity index (χ1n) is 7.87. The zero-order chi connectivity index (χ0) is 17.3. The van der Waals surface area contributed by atoms with E-state index in [-0.39, 0.29) is 23.0 Å². The number of carbonyl (C=O) groups is 2. The van der Waals surface area contributed by atoms with Gasteiger partial charge in [-0.2, -0.15) is 0 Å². The molecule has 24 heavy (non-hydrogen) atoms. The van der Waals surface area contributed by atoms with E-state index in [9.17, 15) is 19.8 Å². The van der Waals surface area contributed by atoms with Crippen LogP contribution in [0.2, 0.25) is 0 Å². The summed E-state index contributed by atoms with van der Waals surface area (Å²) < 4.78 is 0. The molecule has 0 bridgehead atoms. The van der Waals surface area contributed by atoms with Crippen molar-refractivity contribution in [2.45, 2.75) is 19.4 Å². The topological polar surface area (TPSA) is 77.8 Å². The van der Waals surface area contributed by atoms with Crippen molar-refractivity contribution in [1.82, 2.24) is 4.90 Å². The number of amides is 1. The summed E-state index contributed by atoms with van der Waals surface area (Å²) >= 11 is 0. The molecule has 2 aromatic rings. The van der Waals surface area contributed by atoms with E-state index < -0.39 is 6.10 Å². The zero-order valence-corrected chi connectivity index (χ0v) is 13.4. The number of aromatic hydroxyl groups is 1. The Morgan fingerprint density at radius 1 is 1.08 bits per heavy atom. The lowest BCUT2D eigenvalue weighted by molar-refractivity contribution is 0.0765. The van der Waals surface area contributed by atoms with E-state index in [2.05, 4.69) is 0 Å². The summed E-state index contributed by atoms with van der Waals surface area (Å²) in [5.41, 5.74) is 2.50. The highest BCUT2D eigenvalue weighted by atomic mass is 16.3. The maximum Gasteiger partial charge on any atom is 0.253 e. The van der Waals surface area contributed by atoms with Gasteiger partial charge in [-0.15, -0.1) is 0 Å². The van der Waals surface area contributed by atoms with E-state index in [4.69, 9.17) is 0 Å². The maximum absolute atomic E-state index is 12.4. The maximum atomic E-state index is 12.4. The Morgan fingerprint density at radius 2 is 1.75 bits per heavy atom. The van der Waals surface area contributed by atoms with Gasteiger partial charge in [-0.05, 0) is 48.7 Å². The van der Waals surface area contributed by atoms with Gasteiger partial charge in [-0.1, -0.05) is 18.2 Å². The lowest BCUT2D eigenvalue weighted by atomic mass is 9.99. The number of aliphatic hydroxyl groups is 1. The summed E-state index contributed by atoms with van der Waals surface area (Å²) in [7, 11) is 0. The lowest BCUT2D eigenvalue weighted by Crippen LogP contribution is -2.29. The smallest absolute Gasteiger partial charge is 0.253 e. The Morgan fingerprint density at radius 3 is 2.33 bits per heavy atom. The van der Waals surface area contributed by atoms with Crippen LogP contribution in [0.25, 0.3) is 11.1 Å². The van der Waals surface area contributed by atoms with Crippen LogP contribution in [-0.4, -0.2) is 46.0 Å². The summed E-state index contributed by atoms with van der Waals surface area (Å²) in [5.74, 6) is -0.326. The highest BCUT2D eigenvalue weighted by Crippen LogP contribution is 2.27. The molecule has 1 aliphatic rings. The number of phenolic OH excluding ortho intramolecular Hbond substituents is 1. The Labute approximate surface area is 140 Å². The number of nitrogens with zero attached hydrogens (tertiary/aromatic N) is 1. The Kier molecular flexibility index (Phi) is 4.36. The molecular weight excluding hydrogens is 306 g/mol. The highest BCUT2D eigenvalue weighted by Gasteiger charge is 2.25. The third kappa shape index (κ3) is 3.16. The van der Waals surface area contributed by atoms with Crippen LogP contribution in [0.4, 0.5) is 0 Å². The fourth-order valence-corrected chi connectivity index (χ4v) is 2.91. The molecule has 0 unspecified atom stereocenters. The van der Waals surface area contributed by atoms with Crippen LogP contribution in [-0.2, 0) is 0 Å². The molecule has 2 N–H and O–H groups in total. The van der Waals surface area contributed by atoms with Gasteiger partial charge in [0.2, 0.25) is 0 Å². The molecule has 0 saturated carbocycles. The van der Waals surface area contributed by atoms with E-state index in [0.717, 1.165) is 11.1 Å². The summed E-state index contributed by atoms with van der Waals surface area (Å²) in [4.78, 5) is 25.5. The number of benzene rings is 2. The van der Waals surface area contributed by atoms with E-state index in [1.807, 2.05) is 12.1 Å². The second-order valence-corrected chi connectivity index (χ2v) is 6.06. The minimum absolute atomic E-state index is 0.0364. The minimum atomic E-state index is -0.435. The van der Waals surface area contributed by atoms with Gasteiger partial charge in [0, 0.05) is 18.7 Å². The summed E-state index contributed by atoms with van der Waals surface area (Å²) in [6.07, 6.45) is 0.181. The first-order valence-corrected chi connectivity index (χ1v) is 7.87. The van der Waals surface area contributed by atoms with Gasteiger partial charge in [0.1, 0.15) is 5.75 Å². The molecule has 124 valence electrons. The van der Waals surface area contributed by atoms with E-state index in [0.29, 0.717) is 25.1 Å². The van der Waals surface area contributed by atoms with Crippen molar-refractivity contribution in [2.75, 3.05) is 13.1 Å². The number of likely N-dealkylation sites (tertiary alicyclic amines) is 1. The number of hydrogen-bond donors (Lipinski definition) is 2. The van der Waals surface area contributed by atoms with E-state index in [1.54, 1.807) is 29.2 Å². The normalized spacial score (nSPS) is 17.1. The van der Waals surface area contributed by atoms with Crippen LogP contribution in [0.5, 0.6) is 5.75 Å². The molecule has 1 aliphatic heterocycles. The van der Waals surface area contributed by atoms with Crippen LogP contribution in [0.3, 0.4) is 0 Å². The van der Waals surface area contributed by atoms with Crippen molar-refractivity contribution < 1.29 is 19.8 Å². The number of aliphatic hydroxyl groups excluding tert-OH is 1. The fourth-order valence-electron chi connectivity index (χ4n) is 2.91. The Bertz CT molecular complexity index is 782. The third-order valence-corrected chi connectivity index (χ3v) is 4.29. The molecule has 0 spiro atoms. The molecule has 1 fully saturated rings. The fraction of sp³-hybridized carbons (Fsp3) is 0.263. The number of ketones is 1. The number of Topliss-reactive ketones (excluding diaryl/α,β-unsaturated/α-hetero) is 1. The average molecular weight is 325 g/mol. The third-order valence-electron chi connectivity index (χ3n) is 4.29. The largest absolute Gasteiger partial charge is 0.507 e. The van der Waals surface area contributed by atoms with Crippen molar-refractivity contribution in [3.63, 3.8) is 0 Å². The van der Waals surface area contributed by atoms with Gasteiger partial charge >= 0.3 is 0 Å². The van der Waals surface area contributed by atoms with Crippen molar-refractivity contribution in [3.8, 4) is 16.9 Å². The molecule has 1 heterocycles. The molecule has 5 heteroatoms. The number of carbonyl (C=O) groups excluding carboxylic acids is 2. The highest BCUT2D eigenvalue weighted by molar-refractivity contribution is 5.98. The van der Waals surface area contributed by atoms with E-state index >= 15 is 0 Å². The van der Waals surface area contributed by atoms with Gasteiger partial charge in [0.15, 0.2) is 5.78 Å². The first kappa shape index (κ1) is 16.2. The van der Waals surface area contributed by atoms with Crippen LogP contribution in [0.1, 0.15) is 34.1 Å². The summed E-state index contributed by atoms with van der Waals surface area (Å²) in [5, 5.41) is 19.3.